The minimum atomic E-state index is -2.40. The molecule has 0 saturated carbocycles. The Morgan fingerprint density at radius 1 is 0.299 bits per heavy atom. The molecule has 87 heavy (non-hydrogen) atoms. The molecule has 0 bridgehead atoms. The molecule has 23 N–H and O–H groups in total. The maximum absolute atomic E-state index is 12.7. The summed E-state index contributed by atoms with van der Waals surface area (Å²) in [5, 5.41) is 225. The minimum absolute atomic E-state index is 0.797. The number of ether oxygens (including phenoxy) is 13. The van der Waals surface area contributed by atoms with Crippen LogP contribution in [0.5, 0.6) is 0 Å². The Bertz CT molecular complexity index is 2190. The second kappa shape index (κ2) is 31.1. The van der Waals surface area contributed by atoms with Gasteiger partial charge in [0.1, 0.15) is 171 Å². The largest absolute Gasteiger partial charge is 0.394 e. The summed E-state index contributed by atoms with van der Waals surface area (Å²) in [6.07, 6.45) is -63.8. The first-order chi connectivity index (χ1) is 41.1. The Balaban J connectivity index is 1.22. The van der Waals surface area contributed by atoms with Crippen molar-refractivity contribution < 1.29 is 178 Å². The van der Waals surface area contributed by atoms with E-state index in [0.29, 0.717) is 0 Å². The molecule has 0 aromatic heterocycles. The van der Waals surface area contributed by atoms with Crippen molar-refractivity contribution in [2.24, 2.45) is 0 Å². The van der Waals surface area contributed by atoms with Crippen LogP contribution in [0, 0.1) is 0 Å². The van der Waals surface area contributed by atoms with E-state index >= 15 is 0 Å². The standard InChI is InChI=1S/C48H81N3O36/c1-11(58)49-21-30(67)37(18(8-56)76-42(21)74)84-46-36(73)39(28(65)20(82-46)10-75-47-40(33(70)26(63)16(6-54)79-47)86-43-22(50-12(2)59)29(66)24(61)14(4-52)77-43)85-48-41(34(71)27(64)17(7-55)80-48)87-44-23(51-13(3)60)31(68)38(19(9-57)81-44)83-45-35(72)32(69)25(62)15(5-53)78-45/h14-48,52-57,61-74H,4-10H2,1-3H3,(H,49,58)(H,50,59)(H,51,60)/t14-,15-,16-,17-,18-,19-,20-,21-,22-,23-,24-,25+,26-,27-,28-,29-,30-,31-,32+,33+,34+,35-,36+,37-,38-,39+,40+,41+,42+,43+,44+,45+,46+,47+,48-/m1/s1. The zero-order valence-electron chi connectivity index (χ0n) is 46.6. The SMILES string of the molecule is CC(=O)N[C@@H]1[C@@H](O)[C@H](O[C@@H]2O[C@H](CO[C@H]3O[C@H](CO)[C@@H](O)[C@H](O)[C@@H]3O[C@@H]3O[C@H](CO)[C@@H](O)[C@H](O)[C@H]3NC(C)=O)[C@@H](O)[C@H](O[C@H]3O[C@H](CO)[C@@H](O)[C@H](O)[C@@H]3O[C@@H]3O[C@H](CO)[C@@H](O[C@@H]4O[C@H](CO)[C@H](O)[C@H](O)[C@H]4O)[C@H](O)[C@H]3NC(C)=O)[C@@H]2O)[C@@H](CO)O[C@@H]1O. The van der Waals surface area contributed by atoms with Crippen molar-refractivity contribution in [3.05, 3.63) is 0 Å². The molecular formula is C48H81N3O36. The summed E-state index contributed by atoms with van der Waals surface area (Å²) in [7, 11) is 0. The molecule has 35 atom stereocenters. The minimum Gasteiger partial charge on any atom is -0.394 e. The van der Waals surface area contributed by atoms with Crippen molar-refractivity contribution in [1.82, 2.24) is 16.0 Å². The van der Waals surface area contributed by atoms with E-state index in [9.17, 15) is 117 Å². The number of aliphatic hydroxyl groups is 20. The van der Waals surface area contributed by atoms with E-state index in [2.05, 4.69) is 16.0 Å². The Labute approximate surface area is 492 Å². The van der Waals surface area contributed by atoms with Gasteiger partial charge < -0.3 is 180 Å². The normalized spacial score (nSPS) is 48.9. The molecule has 3 amide bonds. The fourth-order valence-electron chi connectivity index (χ4n) is 11.1. The predicted octanol–water partition coefficient (Wildman–Crippen LogP) is -15.8. The third-order valence-electron chi connectivity index (χ3n) is 15.7. The van der Waals surface area contributed by atoms with Gasteiger partial charge in [0.2, 0.25) is 17.7 Å². The maximum atomic E-state index is 12.7. The van der Waals surface area contributed by atoms with E-state index < -0.39 is 279 Å². The van der Waals surface area contributed by atoms with Gasteiger partial charge >= 0.3 is 0 Å². The van der Waals surface area contributed by atoms with Crippen LogP contribution in [-0.4, -0.2) is 381 Å². The number of aliphatic hydroxyl groups excluding tert-OH is 20. The van der Waals surface area contributed by atoms with Crippen molar-refractivity contribution in [3.8, 4) is 0 Å². The van der Waals surface area contributed by atoms with Crippen LogP contribution < -0.4 is 16.0 Å². The third-order valence-corrected chi connectivity index (χ3v) is 15.7. The molecule has 0 aliphatic carbocycles. The molecule has 0 radical (unpaired) electrons. The van der Waals surface area contributed by atoms with Crippen LogP contribution in [-0.2, 0) is 76.0 Å². The van der Waals surface area contributed by atoms with E-state index in [4.69, 9.17) is 61.6 Å². The lowest BCUT2D eigenvalue weighted by Crippen LogP contribution is -2.70. The van der Waals surface area contributed by atoms with Gasteiger partial charge in [0.05, 0.1) is 46.2 Å². The van der Waals surface area contributed by atoms with Crippen LogP contribution in [0.1, 0.15) is 20.8 Å². The maximum Gasteiger partial charge on any atom is 0.217 e. The van der Waals surface area contributed by atoms with E-state index in [1.165, 1.54) is 0 Å². The Hall–Kier alpha value is -2.91. The molecule has 7 heterocycles. The van der Waals surface area contributed by atoms with Crippen LogP contribution in [0.3, 0.4) is 0 Å². The zero-order chi connectivity index (χ0) is 64.2. The van der Waals surface area contributed by atoms with E-state index in [0.717, 1.165) is 20.8 Å². The first kappa shape index (κ1) is 71.5. The smallest absolute Gasteiger partial charge is 0.217 e. The highest BCUT2D eigenvalue weighted by atomic mass is 16.8. The number of carbonyl (C=O) groups is 3. The summed E-state index contributed by atoms with van der Waals surface area (Å²) in [5.74, 6) is -2.50. The fraction of sp³-hybridized carbons (Fsp3) is 0.938. The number of nitrogens with one attached hydrogen (secondary N) is 3. The second-order valence-electron chi connectivity index (χ2n) is 21.8. The number of amides is 3. The van der Waals surface area contributed by atoms with E-state index in [1.807, 2.05) is 0 Å². The van der Waals surface area contributed by atoms with Gasteiger partial charge in [0, 0.05) is 20.8 Å². The van der Waals surface area contributed by atoms with Crippen molar-refractivity contribution in [3.63, 3.8) is 0 Å². The second-order valence-corrected chi connectivity index (χ2v) is 21.8. The molecule has 7 fully saturated rings. The Morgan fingerprint density at radius 3 is 1.11 bits per heavy atom. The molecule has 0 spiro atoms. The van der Waals surface area contributed by atoms with Crippen LogP contribution >= 0.6 is 0 Å². The third kappa shape index (κ3) is 15.8. The monoisotopic (exact) mass is 1280 g/mol. The molecule has 7 saturated heterocycles. The molecule has 7 aliphatic heterocycles. The average molecular weight is 1280 g/mol. The Kier molecular flexibility index (Phi) is 25.6. The van der Waals surface area contributed by atoms with Gasteiger partial charge in [-0.25, -0.2) is 0 Å². The number of rotatable bonds is 22. The van der Waals surface area contributed by atoms with Crippen LogP contribution in [0.2, 0.25) is 0 Å². The lowest BCUT2D eigenvalue weighted by Gasteiger charge is -2.51. The fourth-order valence-corrected chi connectivity index (χ4v) is 11.1. The molecule has 0 aromatic rings. The molecule has 7 aliphatic rings. The lowest BCUT2D eigenvalue weighted by molar-refractivity contribution is -0.397. The van der Waals surface area contributed by atoms with Gasteiger partial charge in [0.25, 0.3) is 0 Å². The van der Waals surface area contributed by atoms with Crippen molar-refractivity contribution in [2.75, 3.05) is 46.2 Å². The highest BCUT2D eigenvalue weighted by Gasteiger charge is 2.59. The molecule has 7 rings (SSSR count). The van der Waals surface area contributed by atoms with E-state index in [1.54, 1.807) is 0 Å². The van der Waals surface area contributed by atoms with E-state index in [-0.39, 0.29) is 0 Å². The first-order valence-electron chi connectivity index (χ1n) is 27.6. The molecule has 0 aromatic carbocycles. The van der Waals surface area contributed by atoms with Crippen LogP contribution in [0.15, 0.2) is 0 Å². The summed E-state index contributed by atoms with van der Waals surface area (Å²) in [5.41, 5.74) is 0. The summed E-state index contributed by atoms with van der Waals surface area (Å²) >= 11 is 0. The number of carbonyl (C=O) groups excluding carboxylic acids is 3. The highest BCUT2D eigenvalue weighted by Crippen LogP contribution is 2.38. The first-order valence-corrected chi connectivity index (χ1v) is 27.6. The van der Waals surface area contributed by atoms with Crippen LogP contribution in [0.4, 0.5) is 0 Å². The lowest BCUT2D eigenvalue weighted by atomic mass is 9.94. The molecular weight excluding hydrogens is 1190 g/mol. The van der Waals surface area contributed by atoms with Crippen molar-refractivity contribution in [2.45, 2.75) is 236 Å². The average Bonchev–Trinajstić information content (AvgIpc) is 1.06. The van der Waals surface area contributed by atoms with Crippen LogP contribution in [0.25, 0.3) is 0 Å². The van der Waals surface area contributed by atoms with Gasteiger partial charge in [-0.1, -0.05) is 0 Å². The van der Waals surface area contributed by atoms with Crippen molar-refractivity contribution >= 4 is 17.7 Å². The molecule has 504 valence electrons. The molecule has 39 heteroatoms. The van der Waals surface area contributed by atoms with Gasteiger partial charge in [-0.3, -0.25) is 14.4 Å². The van der Waals surface area contributed by atoms with Gasteiger partial charge in [-0.05, 0) is 0 Å². The zero-order valence-corrected chi connectivity index (χ0v) is 46.6. The summed E-state index contributed by atoms with van der Waals surface area (Å²) < 4.78 is 75.9. The number of hydrogen-bond donors (Lipinski definition) is 23. The highest BCUT2D eigenvalue weighted by molar-refractivity contribution is 5.74. The van der Waals surface area contributed by atoms with Crippen molar-refractivity contribution in [1.29, 1.82) is 0 Å². The summed E-state index contributed by atoms with van der Waals surface area (Å²) in [4.78, 5) is 37.1. The Morgan fingerprint density at radius 2 is 0.632 bits per heavy atom. The quantitative estimate of drug-likeness (QED) is 0.0479. The summed E-state index contributed by atoms with van der Waals surface area (Å²) in [6, 6.07) is -5.21. The van der Waals surface area contributed by atoms with Gasteiger partial charge in [-0.15, -0.1) is 0 Å². The number of hydrogen-bond acceptors (Lipinski definition) is 36. The molecule has 0 unspecified atom stereocenters. The molecule has 39 nitrogen and oxygen atoms in total. The summed E-state index contributed by atoms with van der Waals surface area (Å²) in [6.45, 7) is -4.10. The van der Waals surface area contributed by atoms with Gasteiger partial charge in [0.15, 0.2) is 44.0 Å². The topological polar surface area (TPSA) is 612 Å². The predicted molar refractivity (Wildman–Crippen MR) is 267 cm³/mol. The van der Waals surface area contributed by atoms with Gasteiger partial charge in [-0.2, -0.15) is 0 Å².